The number of alkyl halides is 1. The normalized spacial score (nSPS) is 36.1. The predicted octanol–water partition coefficient (Wildman–Crippen LogP) is 2.97. The van der Waals surface area contributed by atoms with Crippen molar-refractivity contribution in [3.05, 3.63) is 11.6 Å². The third-order valence-electron chi connectivity index (χ3n) is 1.97. The van der Waals surface area contributed by atoms with E-state index in [9.17, 15) is 0 Å². The van der Waals surface area contributed by atoms with Crippen LogP contribution in [0.3, 0.4) is 0 Å². The highest BCUT2D eigenvalue weighted by molar-refractivity contribution is 6.21. The molecule has 0 aromatic rings. The van der Waals surface area contributed by atoms with Crippen LogP contribution >= 0.6 is 11.6 Å². The number of allylic oxidation sites excluding steroid dienone is 2. The van der Waals surface area contributed by atoms with E-state index in [2.05, 4.69) is 19.9 Å². The zero-order valence-corrected chi connectivity index (χ0v) is 6.78. The Morgan fingerprint density at radius 2 is 2.33 bits per heavy atom. The number of rotatable bonds is 0. The molecule has 0 N–H and O–H groups in total. The van der Waals surface area contributed by atoms with Gasteiger partial charge in [0, 0.05) is 5.38 Å². The smallest absolute Gasteiger partial charge is 0.0401 e. The molecular weight excluding hydrogens is 132 g/mol. The Labute approximate surface area is 61.9 Å². The predicted molar refractivity (Wildman–Crippen MR) is 41.8 cm³/mol. The Bertz CT molecular complexity index is 127. The fourth-order valence-corrected chi connectivity index (χ4v) is 1.47. The van der Waals surface area contributed by atoms with Crippen LogP contribution in [0.25, 0.3) is 0 Å². The standard InChI is InChI=1S/C8H13Cl/c1-6-3-4-7(2)8(9)5-6/h3,7-8H,4-5H2,1-2H3. The van der Waals surface area contributed by atoms with Crippen molar-refractivity contribution in [3.63, 3.8) is 0 Å². The van der Waals surface area contributed by atoms with Crippen LogP contribution in [0.5, 0.6) is 0 Å². The van der Waals surface area contributed by atoms with Crippen molar-refractivity contribution in [2.24, 2.45) is 5.92 Å². The molecule has 0 nitrogen and oxygen atoms in total. The Balaban J connectivity index is 2.54. The Kier molecular flexibility index (Phi) is 2.18. The summed E-state index contributed by atoms with van der Waals surface area (Å²) >= 11 is 6.02. The molecule has 0 aromatic heterocycles. The first-order valence-electron chi connectivity index (χ1n) is 3.50. The molecule has 0 amide bonds. The maximum atomic E-state index is 6.02. The van der Waals surface area contributed by atoms with Crippen molar-refractivity contribution in [3.8, 4) is 0 Å². The van der Waals surface area contributed by atoms with E-state index >= 15 is 0 Å². The van der Waals surface area contributed by atoms with Gasteiger partial charge in [-0.2, -0.15) is 0 Å². The van der Waals surface area contributed by atoms with Crippen LogP contribution in [-0.2, 0) is 0 Å². The second kappa shape index (κ2) is 2.74. The molecule has 0 radical (unpaired) electrons. The first-order valence-corrected chi connectivity index (χ1v) is 3.93. The second-order valence-electron chi connectivity index (χ2n) is 2.98. The van der Waals surface area contributed by atoms with Gasteiger partial charge in [-0.1, -0.05) is 18.6 Å². The highest BCUT2D eigenvalue weighted by atomic mass is 35.5. The minimum absolute atomic E-state index is 0.384. The van der Waals surface area contributed by atoms with Crippen molar-refractivity contribution < 1.29 is 0 Å². The second-order valence-corrected chi connectivity index (χ2v) is 3.54. The lowest BCUT2D eigenvalue weighted by atomic mass is 9.91. The first-order chi connectivity index (χ1) is 4.20. The van der Waals surface area contributed by atoms with Gasteiger partial charge in [0.05, 0.1) is 0 Å². The van der Waals surface area contributed by atoms with E-state index in [0.717, 1.165) is 6.42 Å². The van der Waals surface area contributed by atoms with Gasteiger partial charge in [-0.05, 0) is 25.7 Å². The molecule has 1 rings (SSSR count). The van der Waals surface area contributed by atoms with Crippen LogP contribution in [-0.4, -0.2) is 5.38 Å². The van der Waals surface area contributed by atoms with Crippen molar-refractivity contribution in [1.29, 1.82) is 0 Å². The molecule has 52 valence electrons. The van der Waals surface area contributed by atoms with Gasteiger partial charge in [-0.25, -0.2) is 0 Å². The zero-order chi connectivity index (χ0) is 6.85. The molecule has 2 atom stereocenters. The fourth-order valence-electron chi connectivity index (χ4n) is 1.13. The zero-order valence-electron chi connectivity index (χ0n) is 6.02. The van der Waals surface area contributed by atoms with E-state index in [1.165, 1.54) is 12.0 Å². The topological polar surface area (TPSA) is 0 Å². The molecule has 1 heteroatoms. The molecule has 0 bridgehead atoms. The lowest BCUT2D eigenvalue weighted by molar-refractivity contribution is 0.523. The van der Waals surface area contributed by atoms with Gasteiger partial charge in [0.1, 0.15) is 0 Å². The fraction of sp³-hybridized carbons (Fsp3) is 0.750. The summed E-state index contributed by atoms with van der Waals surface area (Å²) in [5.41, 5.74) is 1.45. The lowest BCUT2D eigenvalue weighted by Crippen LogP contribution is -2.14. The summed E-state index contributed by atoms with van der Waals surface area (Å²) in [5, 5.41) is 0.384. The van der Waals surface area contributed by atoms with E-state index in [1.54, 1.807) is 0 Å². The molecule has 0 fully saturated rings. The van der Waals surface area contributed by atoms with Crippen molar-refractivity contribution >= 4 is 11.6 Å². The quantitative estimate of drug-likeness (QED) is 0.362. The molecule has 2 unspecified atom stereocenters. The van der Waals surface area contributed by atoms with Crippen LogP contribution in [0, 0.1) is 5.92 Å². The van der Waals surface area contributed by atoms with Crippen LogP contribution < -0.4 is 0 Å². The summed E-state index contributed by atoms with van der Waals surface area (Å²) in [6, 6.07) is 0. The molecule has 0 saturated carbocycles. The van der Waals surface area contributed by atoms with Gasteiger partial charge in [-0.3, -0.25) is 0 Å². The Morgan fingerprint density at radius 1 is 1.67 bits per heavy atom. The molecule has 1 aliphatic rings. The third kappa shape index (κ3) is 1.72. The van der Waals surface area contributed by atoms with Gasteiger partial charge in [0.25, 0.3) is 0 Å². The summed E-state index contributed by atoms with van der Waals surface area (Å²) in [5.74, 6) is 0.676. The van der Waals surface area contributed by atoms with E-state index in [4.69, 9.17) is 11.6 Å². The number of hydrogen-bond donors (Lipinski definition) is 0. The molecule has 1 aliphatic carbocycles. The maximum Gasteiger partial charge on any atom is 0.0401 e. The van der Waals surface area contributed by atoms with Crippen LogP contribution in [0.15, 0.2) is 11.6 Å². The summed E-state index contributed by atoms with van der Waals surface area (Å²) < 4.78 is 0. The summed E-state index contributed by atoms with van der Waals surface area (Å²) in [6.45, 7) is 4.36. The highest BCUT2D eigenvalue weighted by Gasteiger charge is 2.17. The maximum absolute atomic E-state index is 6.02. The van der Waals surface area contributed by atoms with Crippen molar-refractivity contribution in [1.82, 2.24) is 0 Å². The summed E-state index contributed by atoms with van der Waals surface area (Å²) in [4.78, 5) is 0. The first kappa shape index (κ1) is 7.14. The van der Waals surface area contributed by atoms with E-state index in [1.807, 2.05) is 0 Å². The van der Waals surface area contributed by atoms with Crippen LogP contribution in [0.1, 0.15) is 26.7 Å². The SMILES string of the molecule is CC1=CCC(C)C(Cl)C1. The minimum atomic E-state index is 0.384. The largest absolute Gasteiger partial charge is 0.122 e. The molecule has 0 aliphatic heterocycles. The minimum Gasteiger partial charge on any atom is -0.122 e. The molecule has 0 aromatic carbocycles. The van der Waals surface area contributed by atoms with Crippen molar-refractivity contribution in [2.75, 3.05) is 0 Å². The van der Waals surface area contributed by atoms with E-state index in [-0.39, 0.29) is 0 Å². The van der Waals surface area contributed by atoms with E-state index < -0.39 is 0 Å². The van der Waals surface area contributed by atoms with Gasteiger partial charge in [0.15, 0.2) is 0 Å². The third-order valence-corrected chi connectivity index (χ3v) is 2.56. The number of hydrogen-bond acceptors (Lipinski definition) is 0. The Hall–Kier alpha value is 0.0300. The van der Waals surface area contributed by atoms with Gasteiger partial charge < -0.3 is 0 Å². The summed E-state index contributed by atoms with van der Waals surface area (Å²) in [7, 11) is 0. The molecule has 0 saturated heterocycles. The van der Waals surface area contributed by atoms with Gasteiger partial charge >= 0.3 is 0 Å². The average Bonchev–Trinajstić information content (AvgIpc) is 1.80. The van der Waals surface area contributed by atoms with Crippen LogP contribution in [0.2, 0.25) is 0 Å². The molecule has 0 spiro atoms. The van der Waals surface area contributed by atoms with E-state index in [0.29, 0.717) is 11.3 Å². The average molecular weight is 145 g/mol. The molecular formula is C8H13Cl. The number of halogens is 1. The van der Waals surface area contributed by atoms with Gasteiger partial charge in [-0.15, -0.1) is 11.6 Å². The monoisotopic (exact) mass is 144 g/mol. The molecule has 0 heterocycles. The van der Waals surface area contributed by atoms with Gasteiger partial charge in [0.2, 0.25) is 0 Å². The Morgan fingerprint density at radius 3 is 2.78 bits per heavy atom. The van der Waals surface area contributed by atoms with Crippen molar-refractivity contribution in [2.45, 2.75) is 32.1 Å². The summed E-state index contributed by atoms with van der Waals surface area (Å²) in [6.07, 6.45) is 4.55. The van der Waals surface area contributed by atoms with Crippen LogP contribution in [0.4, 0.5) is 0 Å². The molecule has 9 heavy (non-hydrogen) atoms. The lowest BCUT2D eigenvalue weighted by Gasteiger charge is -2.21. The highest BCUT2D eigenvalue weighted by Crippen LogP contribution is 2.27.